The quantitative estimate of drug-likeness (QED) is 0.216. The number of aliphatic hydroxyl groups excluding tert-OH is 4. The molecule has 0 aromatic carbocycles. The maximum absolute atomic E-state index is 13.1. The molecule has 5 fully saturated rings. The molecule has 1 aliphatic heterocycles. The van der Waals surface area contributed by atoms with Crippen LogP contribution in [0.2, 0.25) is 0 Å². The normalized spacial score (nSPS) is 57.4. The summed E-state index contributed by atoms with van der Waals surface area (Å²) in [5.74, 6) is 0.974. The number of allylic oxidation sites excluding steroid dienone is 2. The average molecular weight is 633 g/mol. The third-order valence-corrected chi connectivity index (χ3v) is 14.9. The largest absolute Gasteiger partial charge is 0.481 e. The van der Waals surface area contributed by atoms with Gasteiger partial charge >= 0.3 is 5.97 Å². The zero-order valence-electron chi connectivity index (χ0n) is 28.9. The SMILES string of the molecule is C[C@@H]1[C@H](O)CC[C@]2(C(=O)O)C[C@@H](C)[C@@H]3C(=C[C@H](C)[C@H]4[C@]5(C)CC[C@@H](O[C@@H]6O[C@@H](C)[C@H](O)[C@@H](O)[C@H]6O)C(C)(C)[C@H]5[C@H](C)C[C@]43C)[C@@H]12. The van der Waals surface area contributed by atoms with Gasteiger partial charge in [0.2, 0.25) is 0 Å². The van der Waals surface area contributed by atoms with E-state index in [1.54, 1.807) is 6.92 Å². The van der Waals surface area contributed by atoms with E-state index in [4.69, 9.17) is 9.47 Å². The Labute approximate surface area is 270 Å². The van der Waals surface area contributed by atoms with Crippen molar-refractivity contribution in [1.82, 2.24) is 0 Å². The maximum atomic E-state index is 13.1. The van der Waals surface area contributed by atoms with Crippen LogP contribution >= 0.6 is 0 Å². The molecule has 0 bridgehead atoms. The third-order valence-electron chi connectivity index (χ3n) is 14.9. The lowest BCUT2D eigenvalue weighted by Gasteiger charge is -2.72. The minimum atomic E-state index is -1.32. The minimum absolute atomic E-state index is 0.00497. The van der Waals surface area contributed by atoms with Crippen LogP contribution in [0.15, 0.2) is 11.6 Å². The van der Waals surface area contributed by atoms with Gasteiger partial charge in [0.25, 0.3) is 0 Å². The zero-order chi connectivity index (χ0) is 33.2. The van der Waals surface area contributed by atoms with Crippen LogP contribution < -0.4 is 0 Å². The van der Waals surface area contributed by atoms with Gasteiger partial charge in [-0.25, -0.2) is 0 Å². The van der Waals surface area contributed by atoms with Gasteiger partial charge in [0.1, 0.15) is 18.3 Å². The summed E-state index contributed by atoms with van der Waals surface area (Å²) in [4.78, 5) is 13.1. The second-order valence-corrected chi connectivity index (χ2v) is 17.9. The number of carboxylic acid groups (broad SMARTS) is 1. The van der Waals surface area contributed by atoms with Gasteiger partial charge in [0, 0.05) is 5.92 Å². The molecule has 6 rings (SSSR count). The fourth-order valence-electron chi connectivity index (χ4n) is 14.1. The second-order valence-electron chi connectivity index (χ2n) is 17.9. The molecule has 6 aliphatic rings. The lowest BCUT2D eigenvalue weighted by atomic mass is 9.33. The van der Waals surface area contributed by atoms with Crippen LogP contribution in [0.3, 0.4) is 0 Å². The number of fused-ring (bicyclic) bond motifs is 7. The first-order valence-electron chi connectivity index (χ1n) is 17.8. The fourth-order valence-corrected chi connectivity index (χ4v) is 14.1. The molecule has 5 N–H and O–H groups in total. The van der Waals surface area contributed by atoms with Gasteiger partial charge in [-0.3, -0.25) is 4.79 Å². The summed E-state index contributed by atoms with van der Waals surface area (Å²) in [6.07, 6.45) is 0.946. The van der Waals surface area contributed by atoms with E-state index in [1.807, 2.05) is 0 Å². The molecule has 0 aromatic heterocycles. The summed E-state index contributed by atoms with van der Waals surface area (Å²) in [5, 5.41) is 53.2. The van der Waals surface area contributed by atoms with Crippen molar-refractivity contribution in [3.8, 4) is 0 Å². The van der Waals surface area contributed by atoms with Crippen LogP contribution in [0.5, 0.6) is 0 Å². The van der Waals surface area contributed by atoms with Gasteiger partial charge in [-0.15, -0.1) is 0 Å². The predicted molar refractivity (Wildman–Crippen MR) is 170 cm³/mol. The van der Waals surface area contributed by atoms with E-state index in [1.165, 1.54) is 5.57 Å². The number of carboxylic acids is 1. The first-order chi connectivity index (χ1) is 20.8. The van der Waals surface area contributed by atoms with E-state index in [2.05, 4.69) is 61.5 Å². The van der Waals surface area contributed by atoms with Gasteiger partial charge < -0.3 is 35.0 Å². The molecule has 1 heterocycles. The molecular formula is C37H60O8. The molecule has 0 unspecified atom stereocenters. The van der Waals surface area contributed by atoms with Gasteiger partial charge in [0.05, 0.1) is 23.7 Å². The molecular weight excluding hydrogens is 572 g/mol. The molecule has 0 radical (unpaired) electrons. The Morgan fingerprint density at radius 3 is 2.13 bits per heavy atom. The van der Waals surface area contributed by atoms with Crippen LogP contribution in [0.4, 0.5) is 0 Å². The first kappa shape index (κ1) is 33.9. The van der Waals surface area contributed by atoms with Crippen molar-refractivity contribution < 1.29 is 39.8 Å². The van der Waals surface area contributed by atoms with E-state index < -0.39 is 48.2 Å². The van der Waals surface area contributed by atoms with Crippen molar-refractivity contribution in [2.75, 3.05) is 0 Å². The van der Waals surface area contributed by atoms with E-state index in [0.717, 1.165) is 19.3 Å². The Morgan fingerprint density at radius 2 is 1.49 bits per heavy atom. The summed E-state index contributed by atoms with van der Waals surface area (Å²) in [6, 6.07) is 0. The Morgan fingerprint density at radius 1 is 0.822 bits per heavy atom. The van der Waals surface area contributed by atoms with Crippen LogP contribution in [-0.2, 0) is 14.3 Å². The lowest BCUT2D eigenvalue weighted by Crippen LogP contribution is -2.67. The second kappa shape index (κ2) is 11.0. The van der Waals surface area contributed by atoms with Crippen molar-refractivity contribution in [2.24, 2.45) is 69.0 Å². The number of rotatable bonds is 3. The van der Waals surface area contributed by atoms with E-state index in [9.17, 15) is 30.3 Å². The number of carbonyl (C=O) groups is 1. The van der Waals surface area contributed by atoms with Crippen molar-refractivity contribution in [3.63, 3.8) is 0 Å². The van der Waals surface area contributed by atoms with Gasteiger partial charge in [-0.05, 0) is 103 Å². The molecule has 0 amide bonds. The molecule has 8 heteroatoms. The van der Waals surface area contributed by atoms with Crippen LogP contribution in [0, 0.1) is 69.0 Å². The van der Waals surface area contributed by atoms with Gasteiger partial charge in [-0.2, -0.15) is 0 Å². The molecule has 18 atom stereocenters. The summed E-state index contributed by atoms with van der Waals surface area (Å²) >= 11 is 0. The smallest absolute Gasteiger partial charge is 0.310 e. The number of aliphatic carboxylic acids is 1. The van der Waals surface area contributed by atoms with E-state index in [0.29, 0.717) is 37.0 Å². The van der Waals surface area contributed by atoms with Gasteiger partial charge in [-0.1, -0.05) is 67.0 Å². The molecule has 45 heavy (non-hydrogen) atoms. The maximum Gasteiger partial charge on any atom is 0.310 e. The fraction of sp³-hybridized carbons (Fsp3) is 0.919. The summed E-state index contributed by atoms with van der Waals surface area (Å²) < 4.78 is 12.5. The van der Waals surface area contributed by atoms with Crippen molar-refractivity contribution >= 4 is 5.97 Å². The summed E-state index contributed by atoms with van der Waals surface area (Å²) in [7, 11) is 0. The van der Waals surface area contributed by atoms with Crippen molar-refractivity contribution in [3.05, 3.63) is 11.6 Å². The van der Waals surface area contributed by atoms with Crippen LogP contribution in [0.25, 0.3) is 0 Å². The monoisotopic (exact) mass is 632 g/mol. The number of aliphatic hydroxyl groups is 4. The predicted octanol–water partition coefficient (Wildman–Crippen LogP) is 5.01. The highest BCUT2D eigenvalue weighted by Crippen LogP contribution is 2.74. The van der Waals surface area contributed by atoms with Crippen molar-refractivity contribution in [2.45, 2.75) is 144 Å². The standard InChI is InChI=1S/C37H60O8/c1-17-14-22-25(18(2)16-37(33(42)43)13-10-23(38)20(4)26(22)37)36(9)15-19(3)30-34(6,7)24(11-12-35(30,8)31(17)36)45-32-29(41)28(40)27(39)21(5)44-32/h14,17-21,23-32,38-41H,10-13,15-16H2,1-9H3,(H,42,43)/t17-,18+,19+,20+,21-,23+,24+,25+,26+,27-,28+,29+,30+,31-,32-,35+,36-,37-/m0/s1. The number of hydrogen-bond donors (Lipinski definition) is 5. The number of ether oxygens (including phenoxy) is 2. The summed E-state index contributed by atoms with van der Waals surface area (Å²) in [5.41, 5.74) is 0.259. The first-order valence-corrected chi connectivity index (χ1v) is 17.8. The Bertz CT molecular complexity index is 1200. The molecule has 8 nitrogen and oxygen atoms in total. The van der Waals surface area contributed by atoms with Gasteiger partial charge in [0.15, 0.2) is 6.29 Å². The topological polar surface area (TPSA) is 137 Å². The molecule has 1 saturated heterocycles. The average Bonchev–Trinajstić information content (AvgIpc) is 2.92. The Balaban J connectivity index is 1.36. The van der Waals surface area contributed by atoms with E-state index in [-0.39, 0.29) is 51.9 Å². The van der Waals surface area contributed by atoms with Crippen molar-refractivity contribution in [1.29, 1.82) is 0 Å². The highest BCUT2D eigenvalue weighted by molar-refractivity contribution is 5.76. The van der Waals surface area contributed by atoms with Crippen LogP contribution in [-0.4, -0.2) is 74.4 Å². The molecule has 4 saturated carbocycles. The molecule has 0 spiro atoms. The Kier molecular flexibility index (Phi) is 8.27. The third kappa shape index (κ3) is 4.62. The summed E-state index contributed by atoms with van der Waals surface area (Å²) in [6.45, 7) is 20.4. The van der Waals surface area contributed by atoms with E-state index >= 15 is 0 Å². The molecule has 256 valence electrons. The minimum Gasteiger partial charge on any atom is -0.481 e. The lowest BCUT2D eigenvalue weighted by molar-refractivity contribution is -0.327. The molecule has 0 aromatic rings. The Hall–Kier alpha value is -1.03. The number of hydrogen-bond acceptors (Lipinski definition) is 7. The zero-order valence-corrected chi connectivity index (χ0v) is 28.9. The highest BCUT2D eigenvalue weighted by atomic mass is 16.7. The highest BCUT2D eigenvalue weighted by Gasteiger charge is 2.70. The van der Waals surface area contributed by atoms with Crippen LogP contribution in [0.1, 0.15) is 101 Å². The molecule has 5 aliphatic carbocycles.